The van der Waals surface area contributed by atoms with Gasteiger partial charge in [0.1, 0.15) is 11.5 Å². The maximum absolute atomic E-state index is 14.2. The highest BCUT2D eigenvalue weighted by atomic mass is 19.1. The zero-order valence-electron chi connectivity index (χ0n) is 15.5. The van der Waals surface area contributed by atoms with Gasteiger partial charge in [0.2, 0.25) is 5.91 Å². The Morgan fingerprint density at radius 1 is 1.07 bits per heavy atom. The average molecular weight is 380 g/mol. The van der Waals surface area contributed by atoms with Crippen molar-refractivity contribution in [3.05, 3.63) is 83.9 Å². The number of aryl methyl sites for hydroxylation is 1. The lowest BCUT2D eigenvalue weighted by molar-refractivity contribution is -0.121. The SMILES string of the molecule is COc1ccc(CCC(=O)NCc2ccc(Oc3cccnc3)c(F)c2)cc1. The summed E-state index contributed by atoms with van der Waals surface area (Å²) in [5.41, 5.74) is 1.72. The molecule has 2 aromatic carbocycles. The monoisotopic (exact) mass is 380 g/mol. The number of pyridine rings is 1. The van der Waals surface area contributed by atoms with Gasteiger partial charge in [0.25, 0.3) is 0 Å². The van der Waals surface area contributed by atoms with Crippen molar-refractivity contribution in [2.24, 2.45) is 0 Å². The zero-order chi connectivity index (χ0) is 19.8. The molecule has 3 aromatic rings. The minimum atomic E-state index is -0.492. The van der Waals surface area contributed by atoms with E-state index in [1.54, 1.807) is 37.6 Å². The predicted octanol–water partition coefficient (Wildman–Crippen LogP) is 4.27. The minimum absolute atomic E-state index is 0.0908. The molecule has 1 aromatic heterocycles. The summed E-state index contributed by atoms with van der Waals surface area (Å²) in [6.45, 7) is 0.255. The van der Waals surface area contributed by atoms with Crippen LogP contribution in [0, 0.1) is 5.82 Å². The van der Waals surface area contributed by atoms with E-state index < -0.39 is 5.82 Å². The predicted molar refractivity (Wildman–Crippen MR) is 104 cm³/mol. The van der Waals surface area contributed by atoms with Gasteiger partial charge in [-0.1, -0.05) is 18.2 Å². The second kappa shape index (κ2) is 9.50. The van der Waals surface area contributed by atoms with E-state index in [-0.39, 0.29) is 18.2 Å². The second-order valence-electron chi connectivity index (χ2n) is 6.18. The molecule has 0 aliphatic rings. The molecule has 1 amide bonds. The number of hydrogen-bond donors (Lipinski definition) is 1. The lowest BCUT2D eigenvalue weighted by Gasteiger charge is -2.09. The van der Waals surface area contributed by atoms with Gasteiger partial charge in [-0.15, -0.1) is 0 Å². The first-order chi connectivity index (χ1) is 13.6. The van der Waals surface area contributed by atoms with Crippen molar-refractivity contribution in [2.75, 3.05) is 7.11 Å². The molecule has 5 nitrogen and oxygen atoms in total. The van der Waals surface area contributed by atoms with Crippen molar-refractivity contribution >= 4 is 5.91 Å². The van der Waals surface area contributed by atoms with Gasteiger partial charge in [0.05, 0.1) is 13.3 Å². The van der Waals surface area contributed by atoms with Gasteiger partial charge in [-0.3, -0.25) is 9.78 Å². The fourth-order valence-corrected chi connectivity index (χ4v) is 2.61. The Hall–Kier alpha value is -3.41. The highest BCUT2D eigenvalue weighted by Crippen LogP contribution is 2.24. The Bertz CT molecular complexity index is 915. The maximum Gasteiger partial charge on any atom is 0.220 e. The number of benzene rings is 2. The molecule has 1 N–H and O–H groups in total. The maximum atomic E-state index is 14.2. The first-order valence-electron chi connectivity index (χ1n) is 8.90. The molecule has 0 fully saturated rings. The number of ether oxygens (including phenoxy) is 2. The van der Waals surface area contributed by atoms with Crippen molar-refractivity contribution in [3.63, 3.8) is 0 Å². The summed E-state index contributed by atoms with van der Waals surface area (Å²) in [5, 5.41) is 2.81. The van der Waals surface area contributed by atoms with E-state index in [1.165, 1.54) is 12.3 Å². The molecular weight excluding hydrogens is 359 g/mol. The van der Waals surface area contributed by atoms with Crippen LogP contribution in [0.3, 0.4) is 0 Å². The minimum Gasteiger partial charge on any atom is -0.497 e. The Labute approximate surface area is 163 Å². The molecule has 0 aliphatic carbocycles. The van der Waals surface area contributed by atoms with Crippen LogP contribution in [0.1, 0.15) is 17.5 Å². The molecule has 0 spiro atoms. The Kier molecular flexibility index (Phi) is 6.57. The number of carbonyl (C=O) groups excluding carboxylic acids is 1. The number of methoxy groups -OCH3 is 1. The van der Waals surface area contributed by atoms with Gasteiger partial charge in [0.15, 0.2) is 11.6 Å². The molecule has 0 atom stereocenters. The summed E-state index contributed by atoms with van der Waals surface area (Å²) in [7, 11) is 1.61. The zero-order valence-corrected chi connectivity index (χ0v) is 15.5. The summed E-state index contributed by atoms with van der Waals surface area (Å²) in [6.07, 6.45) is 4.11. The number of nitrogens with zero attached hydrogens (tertiary/aromatic N) is 1. The molecule has 144 valence electrons. The Morgan fingerprint density at radius 2 is 1.86 bits per heavy atom. The molecule has 28 heavy (non-hydrogen) atoms. The second-order valence-corrected chi connectivity index (χ2v) is 6.18. The van der Waals surface area contributed by atoms with Crippen LogP contribution in [-0.2, 0) is 17.8 Å². The van der Waals surface area contributed by atoms with Gasteiger partial charge in [-0.05, 0) is 53.9 Å². The molecule has 0 radical (unpaired) electrons. The highest BCUT2D eigenvalue weighted by molar-refractivity contribution is 5.76. The van der Waals surface area contributed by atoms with Gasteiger partial charge in [0, 0.05) is 19.2 Å². The van der Waals surface area contributed by atoms with Crippen LogP contribution in [0.25, 0.3) is 0 Å². The van der Waals surface area contributed by atoms with E-state index >= 15 is 0 Å². The molecule has 0 saturated heterocycles. The quantitative estimate of drug-likeness (QED) is 0.634. The Morgan fingerprint density at radius 3 is 2.54 bits per heavy atom. The smallest absolute Gasteiger partial charge is 0.220 e. The first kappa shape index (κ1) is 19.4. The number of carbonyl (C=O) groups is 1. The van der Waals surface area contributed by atoms with E-state index in [1.807, 2.05) is 24.3 Å². The summed E-state index contributed by atoms with van der Waals surface area (Å²) < 4.78 is 24.8. The van der Waals surface area contributed by atoms with E-state index in [2.05, 4.69) is 10.3 Å². The number of hydrogen-bond acceptors (Lipinski definition) is 4. The van der Waals surface area contributed by atoms with Gasteiger partial charge < -0.3 is 14.8 Å². The number of halogens is 1. The number of rotatable bonds is 8. The molecule has 0 unspecified atom stereocenters. The van der Waals surface area contributed by atoms with Gasteiger partial charge >= 0.3 is 0 Å². The summed E-state index contributed by atoms with van der Waals surface area (Å²) >= 11 is 0. The van der Waals surface area contributed by atoms with Gasteiger partial charge in [-0.25, -0.2) is 4.39 Å². The third-order valence-corrected chi connectivity index (χ3v) is 4.15. The number of nitrogens with one attached hydrogen (secondary N) is 1. The molecule has 6 heteroatoms. The third-order valence-electron chi connectivity index (χ3n) is 4.15. The first-order valence-corrected chi connectivity index (χ1v) is 8.90. The molecule has 0 aliphatic heterocycles. The van der Waals surface area contributed by atoms with Gasteiger partial charge in [-0.2, -0.15) is 0 Å². The van der Waals surface area contributed by atoms with E-state index in [0.717, 1.165) is 11.3 Å². The average Bonchev–Trinajstić information content (AvgIpc) is 2.73. The van der Waals surface area contributed by atoms with E-state index in [4.69, 9.17) is 9.47 Å². The highest BCUT2D eigenvalue weighted by Gasteiger charge is 2.08. The normalized spacial score (nSPS) is 10.4. The van der Waals surface area contributed by atoms with Crippen molar-refractivity contribution in [1.29, 1.82) is 0 Å². The van der Waals surface area contributed by atoms with Crippen LogP contribution in [-0.4, -0.2) is 18.0 Å². The standard InChI is InChI=1S/C22H21FN2O3/c1-27-18-8-4-16(5-9-18)7-11-22(26)25-14-17-6-10-21(20(23)13-17)28-19-3-2-12-24-15-19/h2-6,8-10,12-13,15H,7,11,14H2,1H3,(H,25,26). The number of aromatic nitrogens is 1. The fourth-order valence-electron chi connectivity index (χ4n) is 2.61. The summed E-state index contributed by atoms with van der Waals surface area (Å²) in [5.74, 6) is 0.774. The number of amides is 1. The van der Waals surface area contributed by atoms with Crippen LogP contribution in [0.4, 0.5) is 4.39 Å². The van der Waals surface area contributed by atoms with E-state index in [0.29, 0.717) is 24.2 Å². The van der Waals surface area contributed by atoms with Crippen LogP contribution >= 0.6 is 0 Å². The van der Waals surface area contributed by atoms with Crippen molar-refractivity contribution in [1.82, 2.24) is 10.3 Å². The molecule has 3 rings (SSSR count). The summed E-state index contributed by atoms with van der Waals surface area (Å²) in [4.78, 5) is 16.0. The van der Waals surface area contributed by atoms with Crippen LogP contribution in [0.2, 0.25) is 0 Å². The summed E-state index contributed by atoms with van der Waals surface area (Å²) in [6, 6.07) is 15.6. The fraction of sp³-hybridized carbons (Fsp3) is 0.182. The van der Waals surface area contributed by atoms with Crippen LogP contribution in [0.5, 0.6) is 17.2 Å². The molecule has 1 heterocycles. The Balaban J connectivity index is 1.48. The third kappa shape index (κ3) is 5.54. The largest absolute Gasteiger partial charge is 0.497 e. The molecule has 0 saturated carbocycles. The topological polar surface area (TPSA) is 60.5 Å². The van der Waals surface area contributed by atoms with Crippen molar-refractivity contribution in [2.45, 2.75) is 19.4 Å². The van der Waals surface area contributed by atoms with Crippen LogP contribution < -0.4 is 14.8 Å². The molecule has 0 bridgehead atoms. The molecular formula is C22H21FN2O3. The van der Waals surface area contributed by atoms with E-state index in [9.17, 15) is 9.18 Å². The lowest BCUT2D eigenvalue weighted by Crippen LogP contribution is -2.23. The van der Waals surface area contributed by atoms with Crippen molar-refractivity contribution in [3.8, 4) is 17.2 Å². The lowest BCUT2D eigenvalue weighted by atomic mass is 10.1. The van der Waals surface area contributed by atoms with Crippen LogP contribution in [0.15, 0.2) is 67.0 Å². The van der Waals surface area contributed by atoms with Crippen molar-refractivity contribution < 1.29 is 18.7 Å².